The molecule has 0 spiro atoms. The predicted octanol–water partition coefficient (Wildman–Crippen LogP) is 5.03. The first-order valence-corrected chi connectivity index (χ1v) is 9.95. The van der Waals surface area contributed by atoms with Crippen molar-refractivity contribution >= 4 is 16.5 Å². The minimum atomic E-state index is -0.237. The Morgan fingerprint density at radius 3 is 2.84 bits per heavy atom. The van der Waals surface area contributed by atoms with Crippen molar-refractivity contribution in [2.24, 2.45) is 0 Å². The molecule has 3 N–H and O–H groups in total. The Hall–Kier alpha value is -4.26. The minimum absolute atomic E-state index is 0.237. The molecule has 0 unspecified atom stereocenters. The third-order valence-corrected chi connectivity index (χ3v) is 5.57. The number of hydrogen-bond acceptors (Lipinski definition) is 3. The van der Waals surface area contributed by atoms with Gasteiger partial charge in [-0.05, 0) is 23.8 Å². The molecule has 150 valence electrons. The van der Waals surface area contributed by atoms with Crippen molar-refractivity contribution in [3.63, 3.8) is 0 Å². The van der Waals surface area contributed by atoms with E-state index >= 15 is 0 Å². The van der Waals surface area contributed by atoms with Gasteiger partial charge in [-0.1, -0.05) is 36.4 Å². The van der Waals surface area contributed by atoms with E-state index in [2.05, 4.69) is 36.4 Å². The van der Waals surface area contributed by atoms with Crippen LogP contribution in [0, 0.1) is 5.82 Å². The van der Waals surface area contributed by atoms with Gasteiger partial charge in [0.05, 0.1) is 29.3 Å². The molecule has 7 heteroatoms. The molecule has 0 bridgehead atoms. The molecule has 6 nitrogen and oxygen atoms in total. The fourth-order valence-electron chi connectivity index (χ4n) is 4.05. The van der Waals surface area contributed by atoms with E-state index in [1.165, 1.54) is 6.07 Å². The zero-order valence-electron chi connectivity index (χ0n) is 16.4. The summed E-state index contributed by atoms with van der Waals surface area (Å²) in [5, 5.41) is 15.4. The third kappa shape index (κ3) is 2.90. The molecule has 0 amide bonds. The summed E-state index contributed by atoms with van der Waals surface area (Å²) >= 11 is 0. The maximum absolute atomic E-state index is 14.6. The summed E-state index contributed by atoms with van der Waals surface area (Å²) in [6.45, 7) is 0. The van der Waals surface area contributed by atoms with Crippen LogP contribution in [-0.4, -0.2) is 30.4 Å². The number of benzene rings is 1. The summed E-state index contributed by atoms with van der Waals surface area (Å²) in [5.41, 5.74) is 7.67. The molecule has 0 atom stereocenters. The number of halogens is 1. The van der Waals surface area contributed by atoms with E-state index in [1.807, 2.05) is 42.6 Å². The fraction of sp³-hybridized carbons (Fsp3) is 0.0417. The molecular weight excluding hydrogens is 391 g/mol. The number of aromatic amines is 3. The van der Waals surface area contributed by atoms with E-state index in [0.29, 0.717) is 5.56 Å². The van der Waals surface area contributed by atoms with E-state index in [9.17, 15) is 4.39 Å². The molecule has 1 aliphatic carbocycles. The summed E-state index contributed by atoms with van der Waals surface area (Å²) in [6, 6.07) is 10.9. The first kappa shape index (κ1) is 17.6. The second kappa shape index (κ2) is 6.91. The average molecular weight is 408 g/mol. The number of fused-ring (bicyclic) bond motifs is 2. The fourth-order valence-corrected chi connectivity index (χ4v) is 4.05. The lowest BCUT2D eigenvalue weighted by molar-refractivity contribution is 0.624. The number of aromatic nitrogens is 6. The van der Waals surface area contributed by atoms with Gasteiger partial charge in [-0.25, -0.2) is 4.39 Å². The van der Waals surface area contributed by atoms with Gasteiger partial charge in [-0.15, -0.1) is 0 Å². The molecule has 4 aromatic heterocycles. The summed E-state index contributed by atoms with van der Waals surface area (Å²) < 4.78 is 14.6. The van der Waals surface area contributed by atoms with E-state index in [1.54, 1.807) is 18.5 Å². The van der Waals surface area contributed by atoms with Crippen LogP contribution < -0.4 is 0 Å². The van der Waals surface area contributed by atoms with Gasteiger partial charge in [-0.2, -0.15) is 10.2 Å². The quantitative estimate of drug-likeness (QED) is 0.392. The highest BCUT2D eigenvalue weighted by Crippen LogP contribution is 2.35. The van der Waals surface area contributed by atoms with Crippen molar-refractivity contribution in [3.8, 4) is 22.6 Å². The highest BCUT2D eigenvalue weighted by molar-refractivity contribution is 5.95. The topological polar surface area (TPSA) is 86.0 Å². The Morgan fingerprint density at radius 1 is 1.03 bits per heavy atom. The Kier molecular flexibility index (Phi) is 3.92. The largest absolute Gasteiger partial charge is 0.356 e. The van der Waals surface area contributed by atoms with E-state index in [0.717, 1.165) is 56.8 Å². The first-order valence-electron chi connectivity index (χ1n) is 9.95. The van der Waals surface area contributed by atoms with E-state index < -0.39 is 0 Å². The third-order valence-electron chi connectivity index (χ3n) is 5.57. The summed E-state index contributed by atoms with van der Waals surface area (Å²) in [7, 11) is 0. The minimum Gasteiger partial charge on any atom is -0.356 e. The lowest BCUT2D eigenvalue weighted by Crippen LogP contribution is -1.93. The lowest BCUT2D eigenvalue weighted by Gasteiger charge is -2.08. The summed E-state index contributed by atoms with van der Waals surface area (Å²) in [6.07, 6.45) is 12.1. The maximum Gasteiger partial charge on any atom is 0.131 e. The van der Waals surface area contributed by atoms with Crippen LogP contribution in [0.25, 0.3) is 39.1 Å². The maximum atomic E-state index is 14.6. The monoisotopic (exact) mass is 408 g/mol. The van der Waals surface area contributed by atoms with Crippen LogP contribution in [-0.2, 0) is 6.42 Å². The number of nitrogens with one attached hydrogen (secondary N) is 3. The lowest BCUT2D eigenvalue weighted by atomic mass is 9.97. The molecule has 4 heterocycles. The molecule has 0 saturated carbocycles. The van der Waals surface area contributed by atoms with Crippen LogP contribution in [0.1, 0.15) is 16.8 Å². The number of allylic oxidation sites excluding steroid dienone is 3. The number of hydrogen-bond donors (Lipinski definition) is 3. The summed E-state index contributed by atoms with van der Waals surface area (Å²) in [5.74, 6) is -0.237. The Bertz CT molecular complexity index is 1470. The number of pyridine rings is 1. The summed E-state index contributed by atoms with van der Waals surface area (Å²) in [4.78, 5) is 8.00. The van der Waals surface area contributed by atoms with Gasteiger partial charge < -0.3 is 4.98 Å². The molecule has 0 radical (unpaired) electrons. The Balaban J connectivity index is 1.49. The van der Waals surface area contributed by atoms with Crippen LogP contribution >= 0.6 is 0 Å². The van der Waals surface area contributed by atoms with Crippen molar-refractivity contribution in [1.29, 1.82) is 0 Å². The molecule has 0 saturated heterocycles. The average Bonchev–Trinajstić information content (AvgIpc) is 3.52. The van der Waals surface area contributed by atoms with Gasteiger partial charge in [0.15, 0.2) is 0 Å². The van der Waals surface area contributed by atoms with Crippen LogP contribution in [0.3, 0.4) is 0 Å². The van der Waals surface area contributed by atoms with E-state index in [4.69, 9.17) is 0 Å². The van der Waals surface area contributed by atoms with Gasteiger partial charge in [0, 0.05) is 40.4 Å². The second-order valence-electron chi connectivity index (χ2n) is 7.44. The van der Waals surface area contributed by atoms with Crippen molar-refractivity contribution in [1.82, 2.24) is 30.4 Å². The normalized spacial score (nSPS) is 13.3. The highest BCUT2D eigenvalue weighted by Gasteiger charge is 2.20. The highest BCUT2D eigenvalue weighted by atomic mass is 19.1. The Labute approximate surface area is 176 Å². The van der Waals surface area contributed by atoms with E-state index in [-0.39, 0.29) is 5.82 Å². The zero-order valence-corrected chi connectivity index (χ0v) is 16.4. The van der Waals surface area contributed by atoms with Gasteiger partial charge in [0.25, 0.3) is 0 Å². The van der Waals surface area contributed by atoms with Crippen LogP contribution in [0.5, 0.6) is 0 Å². The standard InChI is InChI=1S/C24H17FN6/c25-19-7-3-1-6-16(19)15-5-2-4-8-20-17(15)9-22(29-20)24-18-10-21(14-11-27-28-12-14)26-13-23(18)30-31-24/h1-7,9-13,29H,8H2,(H,27,28)(H,30,31). The van der Waals surface area contributed by atoms with Gasteiger partial charge >= 0.3 is 0 Å². The van der Waals surface area contributed by atoms with Gasteiger partial charge in [0.2, 0.25) is 0 Å². The van der Waals surface area contributed by atoms with Gasteiger partial charge in [-0.3, -0.25) is 15.2 Å². The zero-order chi connectivity index (χ0) is 20.8. The van der Waals surface area contributed by atoms with Crippen molar-refractivity contribution < 1.29 is 4.39 Å². The molecule has 6 rings (SSSR count). The molecule has 0 aliphatic heterocycles. The predicted molar refractivity (Wildman–Crippen MR) is 118 cm³/mol. The molecule has 31 heavy (non-hydrogen) atoms. The smallest absolute Gasteiger partial charge is 0.131 e. The molecule has 1 aromatic carbocycles. The SMILES string of the molecule is Fc1ccccc1C1=CC=CCc2[nH]c(-c3n[nH]c4cnc(-c5cn[nH]c5)cc34)cc21. The number of nitrogens with zero attached hydrogens (tertiary/aromatic N) is 3. The van der Waals surface area contributed by atoms with Crippen LogP contribution in [0.4, 0.5) is 4.39 Å². The van der Waals surface area contributed by atoms with Crippen molar-refractivity contribution in [2.75, 3.05) is 0 Å². The van der Waals surface area contributed by atoms with Crippen LogP contribution in [0.15, 0.2) is 73.2 Å². The molecule has 1 aliphatic rings. The molecule has 5 aromatic rings. The van der Waals surface area contributed by atoms with Crippen LogP contribution in [0.2, 0.25) is 0 Å². The van der Waals surface area contributed by atoms with Crippen molar-refractivity contribution in [3.05, 3.63) is 95.9 Å². The number of rotatable bonds is 3. The first-order chi connectivity index (χ1) is 15.3. The van der Waals surface area contributed by atoms with Gasteiger partial charge in [0.1, 0.15) is 11.5 Å². The Morgan fingerprint density at radius 2 is 1.97 bits per heavy atom. The molecular formula is C24H17FN6. The second-order valence-corrected chi connectivity index (χ2v) is 7.44. The number of H-pyrrole nitrogens is 3. The molecule has 0 fully saturated rings. The van der Waals surface area contributed by atoms with Crippen molar-refractivity contribution in [2.45, 2.75) is 6.42 Å².